The Morgan fingerprint density at radius 1 is 1.31 bits per heavy atom. The van der Waals surface area contributed by atoms with Gasteiger partial charge in [-0.2, -0.15) is 5.26 Å². The molecule has 0 saturated heterocycles. The molecular formula is C11H20N2. The summed E-state index contributed by atoms with van der Waals surface area (Å²) in [5.41, 5.74) is 0.370. The molecule has 0 heterocycles. The van der Waals surface area contributed by atoms with Crippen molar-refractivity contribution in [3.05, 3.63) is 0 Å². The molecule has 1 rings (SSSR count). The Balaban J connectivity index is 2.34. The van der Waals surface area contributed by atoms with Crippen LogP contribution in [0.25, 0.3) is 0 Å². The summed E-state index contributed by atoms with van der Waals surface area (Å²) in [6.45, 7) is 3.12. The molecule has 0 radical (unpaired) electrons. The van der Waals surface area contributed by atoms with Crippen LogP contribution in [0, 0.1) is 11.3 Å². The zero-order chi connectivity index (χ0) is 9.57. The normalized spacial score (nSPS) is 20.9. The summed E-state index contributed by atoms with van der Waals surface area (Å²) >= 11 is 0. The molecule has 13 heavy (non-hydrogen) atoms. The minimum Gasteiger partial charge on any atom is -0.310 e. The third kappa shape index (κ3) is 3.00. The van der Waals surface area contributed by atoms with Gasteiger partial charge >= 0.3 is 0 Å². The lowest BCUT2D eigenvalue weighted by molar-refractivity contribution is 0.225. The molecule has 0 amide bonds. The van der Waals surface area contributed by atoms with Crippen LogP contribution in [0.15, 0.2) is 0 Å². The van der Waals surface area contributed by atoms with Gasteiger partial charge in [0.05, 0.1) is 6.07 Å². The number of nitrogens with zero attached hydrogens (tertiary/aromatic N) is 1. The predicted molar refractivity (Wildman–Crippen MR) is 54.3 cm³/mol. The van der Waals surface area contributed by atoms with Gasteiger partial charge in [0.1, 0.15) is 0 Å². The van der Waals surface area contributed by atoms with Crippen LogP contribution >= 0.6 is 0 Å². The highest BCUT2D eigenvalue weighted by atomic mass is 15.0. The van der Waals surface area contributed by atoms with Crippen LogP contribution in [0.2, 0.25) is 0 Å². The lowest BCUT2D eigenvalue weighted by atomic mass is 9.80. The second-order valence-electron chi connectivity index (χ2n) is 4.03. The molecule has 1 aliphatic carbocycles. The largest absolute Gasteiger partial charge is 0.310 e. The molecule has 74 valence electrons. The van der Waals surface area contributed by atoms with Crippen molar-refractivity contribution in [2.75, 3.05) is 6.54 Å². The summed E-state index contributed by atoms with van der Waals surface area (Å²) in [5, 5.41) is 12.0. The second-order valence-corrected chi connectivity index (χ2v) is 4.03. The van der Waals surface area contributed by atoms with Crippen molar-refractivity contribution in [2.45, 2.75) is 57.4 Å². The maximum Gasteiger partial charge on any atom is 0.0635 e. The van der Waals surface area contributed by atoms with Gasteiger partial charge in [-0.15, -0.1) is 0 Å². The monoisotopic (exact) mass is 180 g/mol. The van der Waals surface area contributed by atoms with Crippen molar-refractivity contribution < 1.29 is 0 Å². The van der Waals surface area contributed by atoms with Gasteiger partial charge < -0.3 is 5.32 Å². The van der Waals surface area contributed by atoms with Crippen molar-refractivity contribution in [2.24, 2.45) is 0 Å². The standard InChI is InChI=1S/C11H20N2/c1-2-11(13-10-6-9-12)7-4-3-5-8-11/h13H,2-8,10H2,1H3. The van der Waals surface area contributed by atoms with Crippen molar-refractivity contribution in [3.8, 4) is 6.07 Å². The molecule has 1 N–H and O–H groups in total. The number of nitrogens with one attached hydrogen (secondary N) is 1. The van der Waals surface area contributed by atoms with Crippen molar-refractivity contribution >= 4 is 0 Å². The van der Waals surface area contributed by atoms with E-state index in [1.807, 2.05) is 0 Å². The fourth-order valence-electron chi connectivity index (χ4n) is 2.27. The van der Waals surface area contributed by atoms with E-state index in [4.69, 9.17) is 5.26 Å². The number of rotatable bonds is 4. The molecular weight excluding hydrogens is 160 g/mol. The Kier molecular flexibility index (Phi) is 4.24. The smallest absolute Gasteiger partial charge is 0.0635 e. The van der Waals surface area contributed by atoms with E-state index in [2.05, 4.69) is 18.3 Å². The summed E-state index contributed by atoms with van der Waals surface area (Å²) in [7, 11) is 0. The minimum atomic E-state index is 0.370. The Hall–Kier alpha value is -0.550. The third-order valence-corrected chi connectivity index (χ3v) is 3.22. The molecule has 0 aromatic carbocycles. The Labute approximate surface area is 81.3 Å². The zero-order valence-corrected chi connectivity index (χ0v) is 8.60. The summed E-state index contributed by atoms with van der Waals surface area (Å²) < 4.78 is 0. The van der Waals surface area contributed by atoms with Crippen LogP contribution in [-0.4, -0.2) is 12.1 Å². The first-order valence-electron chi connectivity index (χ1n) is 5.45. The number of hydrogen-bond donors (Lipinski definition) is 1. The number of hydrogen-bond acceptors (Lipinski definition) is 2. The zero-order valence-electron chi connectivity index (χ0n) is 8.60. The topological polar surface area (TPSA) is 35.8 Å². The fourth-order valence-corrected chi connectivity index (χ4v) is 2.27. The van der Waals surface area contributed by atoms with Crippen LogP contribution in [0.1, 0.15) is 51.9 Å². The Morgan fingerprint density at radius 2 is 2.00 bits per heavy atom. The molecule has 1 fully saturated rings. The molecule has 1 saturated carbocycles. The highest BCUT2D eigenvalue weighted by Crippen LogP contribution is 2.30. The van der Waals surface area contributed by atoms with E-state index in [-0.39, 0.29) is 0 Å². The predicted octanol–water partition coefficient (Wildman–Crippen LogP) is 2.60. The first kappa shape index (κ1) is 10.5. The van der Waals surface area contributed by atoms with E-state index in [1.165, 1.54) is 38.5 Å². The highest BCUT2D eigenvalue weighted by molar-refractivity contribution is 4.90. The van der Waals surface area contributed by atoms with E-state index in [9.17, 15) is 0 Å². The molecule has 1 aliphatic rings. The van der Waals surface area contributed by atoms with Crippen LogP contribution in [0.5, 0.6) is 0 Å². The van der Waals surface area contributed by atoms with E-state index in [0.717, 1.165) is 6.54 Å². The highest BCUT2D eigenvalue weighted by Gasteiger charge is 2.28. The minimum absolute atomic E-state index is 0.370. The molecule has 0 aliphatic heterocycles. The third-order valence-electron chi connectivity index (χ3n) is 3.22. The second kappa shape index (κ2) is 5.24. The maximum atomic E-state index is 8.46. The first-order valence-corrected chi connectivity index (χ1v) is 5.45. The summed E-state index contributed by atoms with van der Waals surface area (Å²) in [6, 6.07) is 2.19. The van der Waals surface area contributed by atoms with E-state index in [1.54, 1.807) is 0 Å². The molecule has 2 heteroatoms. The van der Waals surface area contributed by atoms with Crippen LogP contribution in [-0.2, 0) is 0 Å². The Bertz CT molecular complexity index is 175. The molecule has 0 atom stereocenters. The fraction of sp³-hybridized carbons (Fsp3) is 0.909. The first-order chi connectivity index (χ1) is 6.33. The molecule has 0 aromatic heterocycles. The summed E-state index contributed by atoms with van der Waals surface area (Å²) in [6.07, 6.45) is 8.55. The maximum absolute atomic E-state index is 8.46. The SMILES string of the molecule is CCC1(NCCC#N)CCCCC1. The molecule has 2 nitrogen and oxygen atoms in total. The lowest BCUT2D eigenvalue weighted by Crippen LogP contribution is -2.46. The van der Waals surface area contributed by atoms with E-state index < -0.39 is 0 Å². The van der Waals surface area contributed by atoms with Crippen LogP contribution < -0.4 is 5.32 Å². The van der Waals surface area contributed by atoms with Gasteiger partial charge in [0.25, 0.3) is 0 Å². The Morgan fingerprint density at radius 3 is 2.54 bits per heavy atom. The van der Waals surface area contributed by atoms with Crippen molar-refractivity contribution in [3.63, 3.8) is 0 Å². The van der Waals surface area contributed by atoms with Gasteiger partial charge in [-0.25, -0.2) is 0 Å². The van der Waals surface area contributed by atoms with E-state index in [0.29, 0.717) is 12.0 Å². The summed E-state index contributed by atoms with van der Waals surface area (Å²) in [4.78, 5) is 0. The average Bonchev–Trinajstić information content (AvgIpc) is 2.20. The van der Waals surface area contributed by atoms with Crippen molar-refractivity contribution in [1.82, 2.24) is 5.32 Å². The molecule has 0 aromatic rings. The van der Waals surface area contributed by atoms with Gasteiger partial charge in [-0.1, -0.05) is 26.2 Å². The quantitative estimate of drug-likeness (QED) is 0.675. The molecule has 0 bridgehead atoms. The number of nitriles is 1. The van der Waals surface area contributed by atoms with Crippen molar-refractivity contribution in [1.29, 1.82) is 5.26 Å². The lowest BCUT2D eigenvalue weighted by Gasteiger charge is -2.37. The molecule has 0 spiro atoms. The van der Waals surface area contributed by atoms with Gasteiger partial charge in [0.2, 0.25) is 0 Å². The molecule has 0 unspecified atom stereocenters. The van der Waals surface area contributed by atoms with Gasteiger partial charge in [-0.05, 0) is 19.3 Å². The van der Waals surface area contributed by atoms with Crippen LogP contribution in [0.4, 0.5) is 0 Å². The average molecular weight is 180 g/mol. The van der Waals surface area contributed by atoms with Gasteiger partial charge in [0.15, 0.2) is 0 Å². The summed E-state index contributed by atoms with van der Waals surface area (Å²) in [5.74, 6) is 0. The van der Waals surface area contributed by atoms with Gasteiger partial charge in [0, 0.05) is 18.5 Å². The van der Waals surface area contributed by atoms with Gasteiger partial charge in [-0.3, -0.25) is 0 Å². The van der Waals surface area contributed by atoms with Crippen LogP contribution in [0.3, 0.4) is 0 Å². The van der Waals surface area contributed by atoms with E-state index >= 15 is 0 Å².